The van der Waals surface area contributed by atoms with Crippen LogP contribution >= 0.6 is 0 Å². The van der Waals surface area contributed by atoms with Crippen molar-refractivity contribution in [2.75, 3.05) is 0 Å². The molecule has 3 saturated carbocycles. The van der Waals surface area contributed by atoms with Gasteiger partial charge in [0.1, 0.15) is 0 Å². The van der Waals surface area contributed by atoms with E-state index in [9.17, 15) is 0 Å². The Hall–Kier alpha value is -1.63. The minimum atomic E-state index is -0.353. The summed E-state index contributed by atoms with van der Waals surface area (Å²) in [5, 5.41) is 0. The summed E-state index contributed by atoms with van der Waals surface area (Å²) < 4.78 is 18.5. The quantitative estimate of drug-likeness (QED) is 0.860. The zero-order chi connectivity index (χ0) is 18.1. The van der Waals surface area contributed by atoms with Crippen molar-refractivity contribution in [2.24, 2.45) is 23.0 Å². The third kappa shape index (κ3) is 2.19. The molecule has 6 rings (SSSR count). The van der Waals surface area contributed by atoms with E-state index in [2.05, 4.69) is 37.9 Å². The molecule has 1 aromatic heterocycles. The molecule has 3 aliphatic carbocycles. The van der Waals surface area contributed by atoms with E-state index in [0.29, 0.717) is 17.9 Å². The van der Waals surface area contributed by atoms with E-state index >= 15 is 0 Å². The molecule has 0 spiro atoms. The van der Waals surface area contributed by atoms with E-state index in [1.165, 1.54) is 12.8 Å². The molecule has 1 saturated heterocycles. The van der Waals surface area contributed by atoms with Gasteiger partial charge in [0.05, 0.1) is 17.9 Å². The minimum Gasteiger partial charge on any atom is -0.444 e. The van der Waals surface area contributed by atoms with Gasteiger partial charge in [-0.15, -0.1) is 0 Å². The van der Waals surface area contributed by atoms with Crippen LogP contribution in [-0.4, -0.2) is 23.8 Å². The van der Waals surface area contributed by atoms with Gasteiger partial charge in [0.25, 0.3) is 0 Å². The summed E-state index contributed by atoms with van der Waals surface area (Å²) in [7, 11) is -0.353. The first-order valence-corrected chi connectivity index (χ1v) is 9.48. The Balaban J connectivity index is 1.49. The van der Waals surface area contributed by atoms with Gasteiger partial charge in [0.2, 0.25) is 0 Å². The molecular weight excluding hydrogens is 327 g/mol. The highest BCUT2D eigenvalue weighted by molar-refractivity contribution is 6.62. The molecule has 4 atom stereocenters. The molecule has 2 heterocycles. The molecule has 0 unspecified atom stereocenters. The smallest absolute Gasteiger partial charge is 0.444 e. The Morgan fingerprint density at radius 1 is 1.23 bits per heavy atom. The van der Waals surface area contributed by atoms with E-state index in [0.717, 1.165) is 34.7 Å². The first kappa shape index (κ1) is 16.5. The van der Waals surface area contributed by atoms with Crippen molar-refractivity contribution in [1.29, 1.82) is 0 Å². The van der Waals surface area contributed by atoms with Crippen LogP contribution in [0.25, 0.3) is 11.3 Å². The van der Waals surface area contributed by atoms with Crippen LogP contribution in [0.2, 0.25) is 0 Å². The van der Waals surface area contributed by atoms with Crippen molar-refractivity contribution in [3.05, 3.63) is 36.4 Å². The fourth-order valence-corrected chi connectivity index (χ4v) is 5.48. The summed E-state index contributed by atoms with van der Waals surface area (Å²) in [6, 6.07) is 6.19. The highest BCUT2D eigenvalue weighted by atomic mass is 16.7. The van der Waals surface area contributed by atoms with Crippen molar-refractivity contribution >= 4 is 12.6 Å². The first-order chi connectivity index (χ1) is 12.4. The van der Waals surface area contributed by atoms with E-state index in [-0.39, 0.29) is 18.8 Å². The van der Waals surface area contributed by atoms with Crippen LogP contribution in [0.4, 0.5) is 0 Å². The predicted molar refractivity (Wildman–Crippen MR) is 99.6 cm³/mol. The molecule has 1 aromatic carbocycles. The fraction of sp³-hybridized carbons (Fsp3) is 0.550. The number of aromatic nitrogens is 1. The number of nitrogens with zero attached hydrogens (tertiary/aromatic N) is 1. The first-order valence-electron chi connectivity index (χ1n) is 9.48. The van der Waals surface area contributed by atoms with Crippen LogP contribution in [0, 0.1) is 17.3 Å². The lowest BCUT2D eigenvalue weighted by atomic mass is 9.43. The number of rotatable bonds is 3. The number of hydrogen-bond donors (Lipinski definition) is 1. The van der Waals surface area contributed by atoms with Gasteiger partial charge >= 0.3 is 7.12 Å². The molecule has 5 nitrogen and oxygen atoms in total. The second-order valence-electron chi connectivity index (χ2n) is 8.83. The number of hydrogen-bond acceptors (Lipinski definition) is 5. The summed E-state index contributed by atoms with van der Waals surface area (Å²) in [6.45, 7) is 7.45. The van der Waals surface area contributed by atoms with Gasteiger partial charge in [-0.3, -0.25) is 0 Å². The van der Waals surface area contributed by atoms with Crippen LogP contribution in [0.3, 0.4) is 0 Å². The van der Waals surface area contributed by atoms with Crippen molar-refractivity contribution in [3.63, 3.8) is 0 Å². The van der Waals surface area contributed by atoms with Gasteiger partial charge in [0.15, 0.2) is 12.2 Å². The van der Waals surface area contributed by atoms with Gasteiger partial charge in [0, 0.05) is 12.1 Å². The zero-order valence-corrected chi connectivity index (χ0v) is 15.6. The van der Waals surface area contributed by atoms with Gasteiger partial charge in [-0.2, -0.15) is 0 Å². The van der Waals surface area contributed by atoms with E-state index in [4.69, 9.17) is 19.5 Å². The average molecular weight is 352 g/mol. The molecular formula is C20H25BN2O3. The Morgan fingerprint density at radius 3 is 2.77 bits per heavy atom. The molecule has 6 heteroatoms. The maximum Gasteiger partial charge on any atom is 0.494 e. The molecule has 2 aromatic rings. The summed E-state index contributed by atoms with van der Waals surface area (Å²) in [5.41, 5.74) is 9.04. The van der Waals surface area contributed by atoms with Gasteiger partial charge in [-0.1, -0.05) is 26.0 Å². The van der Waals surface area contributed by atoms with Crippen LogP contribution in [0.15, 0.2) is 35.2 Å². The monoisotopic (exact) mass is 352 g/mol. The largest absolute Gasteiger partial charge is 0.494 e. The van der Waals surface area contributed by atoms with Gasteiger partial charge in [-0.25, -0.2) is 4.98 Å². The Kier molecular flexibility index (Phi) is 3.46. The lowest BCUT2D eigenvalue weighted by molar-refractivity contribution is -0.199. The third-order valence-electron chi connectivity index (χ3n) is 7.19. The van der Waals surface area contributed by atoms with Gasteiger partial charge < -0.3 is 19.5 Å². The lowest BCUT2D eigenvalue weighted by Crippen LogP contribution is -2.65. The topological polar surface area (TPSA) is 70.5 Å². The SMILES string of the molecule is CC1(C)[C@@H]2C[C@H]3OB(c4cc(CN)cc(-c5cnco5)c4)O[C@@]3(C)[C@H]1C2. The minimum absolute atomic E-state index is 0.166. The average Bonchev–Trinajstić information content (AvgIpc) is 3.27. The molecule has 136 valence electrons. The second-order valence-corrected chi connectivity index (χ2v) is 8.83. The van der Waals surface area contributed by atoms with Crippen molar-refractivity contribution in [1.82, 2.24) is 4.98 Å². The highest BCUT2D eigenvalue weighted by Crippen LogP contribution is 2.65. The van der Waals surface area contributed by atoms with Crippen LogP contribution in [0.5, 0.6) is 0 Å². The molecule has 2 bridgehead atoms. The molecule has 4 aliphatic rings. The summed E-state index contributed by atoms with van der Waals surface area (Å²) in [5.74, 6) is 2.02. The number of nitrogens with two attached hydrogens (primary N) is 1. The van der Waals surface area contributed by atoms with Gasteiger partial charge in [-0.05, 0) is 54.1 Å². The van der Waals surface area contributed by atoms with Crippen LogP contribution in [0.1, 0.15) is 39.2 Å². The second kappa shape index (κ2) is 5.44. The zero-order valence-electron chi connectivity index (χ0n) is 15.6. The predicted octanol–water partition coefficient (Wildman–Crippen LogP) is 2.74. The summed E-state index contributed by atoms with van der Waals surface area (Å²) >= 11 is 0. The standard InChI is InChI=1S/C20H25BN2O3/c1-19(2)14-7-17(19)20(3)18(8-14)25-21(26-20)15-5-12(9-22)4-13(6-15)16-10-23-11-24-16/h4-6,10-11,14,17-18H,7-9,22H2,1-3H3/t14-,17-,18+,20-/m0/s1. The Labute approximate surface area is 154 Å². The van der Waals surface area contributed by atoms with Crippen molar-refractivity contribution in [3.8, 4) is 11.3 Å². The molecule has 4 fully saturated rings. The fourth-order valence-electron chi connectivity index (χ4n) is 5.48. The maximum absolute atomic E-state index is 6.59. The lowest BCUT2D eigenvalue weighted by Gasteiger charge is -2.64. The summed E-state index contributed by atoms with van der Waals surface area (Å²) in [4.78, 5) is 4.02. The Bertz CT molecular complexity index is 838. The normalized spacial score (nSPS) is 34.5. The van der Waals surface area contributed by atoms with E-state index in [1.807, 2.05) is 6.07 Å². The van der Waals surface area contributed by atoms with E-state index in [1.54, 1.807) is 6.20 Å². The number of benzene rings is 1. The molecule has 0 amide bonds. The molecule has 1 aliphatic heterocycles. The van der Waals surface area contributed by atoms with Crippen molar-refractivity contribution in [2.45, 2.75) is 51.9 Å². The van der Waals surface area contributed by atoms with Crippen LogP contribution in [-0.2, 0) is 15.9 Å². The van der Waals surface area contributed by atoms with Crippen LogP contribution < -0.4 is 11.2 Å². The van der Waals surface area contributed by atoms with E-state index < -0.39 is 0 Å². The molecule has 0 radical (unpaired) electrons. The molecule has 2 N–H and O–H groups in total. The molecule has 26 heavy (non-hydrogen) atoms. The number of oxazole rings is 1. The Morgan fingerprint density at radius 2 is 2.08 bits per heavy atom. The third-order valence-corrected chi connectivity index (χ3v) is 7.19. The highest BCUT2D eigenvalue weighted by Gasteiger charge is 2.68. The van der Waals surface area contributed by atoms with Crippen molar-refractivity contribution < 1.29 is 13.7 Å². The summed E-state index contributed by atoms with van der Waals surface area (Å²) in [6.07, 6.45) is 5.66. The maximum atomic E-state index is 6.59.